The molecule has 0 fully saturated rings. The van der Waals surface area contributed by atoms with E-state index >= 15 is 0 Å². The SMILES string of the molecule is c1ccc(-c2cc(-c3ccccc3)nc(-c3ccc4c5ccc(-c6ccccc6)cc5n(-c5cccc6c5oc5ccccc56)c4c3)c2)cc1. The van der Waals surface area contributed by atoms with Gasteiger partial charge in [-0.3, -0.25) is 0 Å². The second-order valence-electron chi connectivity index (χ2n) is 12.8. The van der Waals surface area contributed by atoms with Crippen molar-refractivity contribution in [1.82, 2.24) is 9.55 Å². The van der Waals surface area contributed by atoms with E-state index in [0.717, 1.165) is 72.3 Å². The maximum absolute atomic E-state index is 6.63. The van der Waals surface area contributed by atoms with E-state index in [-0.39, 0.29) is 0 Å². The normalized spacial score (nSPS) is 11.6. The molecular weight excluding hydrogens is 609 g/mol. The number of hydrogen-bond acceptors (Lipinski definition) is 2. The van der Waals surface area contributed by atoms with Crippen molar-refractivity contribution in [3.05, 3.63) is 182 Å². The van der Waals surface area contributed by atoms with E-state index in [1.807, 2.05) is 18.2 Å². The lowest BCUT2D eigenvalue weighted by Gasteiger charge is -2.12. The van der Waals surface area contributed by atoms with Crippen molar-refractivity contribution in [3.63, 3.8) is 0 Å². The van der Waals surface area contributed by atoms with Crippen molar-refractivity contribution in [3.8, 4) is 50.5 Å². The molecular formula is C47H30N2O. The molecule has 0 spiro atoms. The molecule has 0 unspecified atom stereocenters. The summed E-state index contributed by atoms with van der Waals surface area (Å²) in [4.78, 5) is 5.27. The average Bonchev–Trinajstić information content (AvgIpc) is 3.74. The number of para-hydroxylation sites is 2. The predicted molar refractivity (Wildman–Crippen MR) is 208 cm³/mol. The van der Waals surface area contributed by atoms with E-state index in [0.29, 0.717) is 0 Å². The fourth-order valence-corrected chi connectivity index (χ4v) is 7.39. The summed E-state index contributed by atoms with van der Waals surface area (Å²) in [6.45, 7) is 0. The molecule has 0 saturated carbocycles. The number of fused-ring (bicyclic) bond motifs is 6. The molecule has 3 aromatic heterocycles. The maximum Gasteiger partial charge on any atom is 0.159 e. The number of rotatable bonds is 5. The molecule has 0 atom stereocenters. The summed E-state index contributed by atoms with van der Waals surface area (Å²) < 4.78 is 9.01. The highest BCUT2D eigenvalue weighted by atomic mass is 16.3. The van der Waals surface area contributed by atoms with Crippen molar-refractivity contribution in [2.75, 3.05) is 0 Å². The molecule has 0 radical (unpaired) electrons. The standard InChI is InChI=1S/C47H30N2O/c1-4-13-31(14-5-1)34-23-25-37-38-26-24-35(42-28-36(32-15-6-2-7-16-32)27-41(48-42)33-17-8-3-9-18-33)30-45(38)49(44(37)29-34)43-21-12-20-40-39-19-10-11-22-46(39)50-47(40)43/h1-30H. The summed E-state index contributed by atoms with van der Waals surface area (Å²) in [5, 5.41) is 4.59. The lowest BCUT2D eigenvalue weighted by atomic mass is 9.99. The molecule has 0 aliphatic rings. The third-order valence-corrected chi connectivity index (χ3v) is 9.80. The average molecular weight is 639 g/mol. The summed E-state index contributed by atoms with van der Waals surface area (Å²) in [6, 6.07) is 64.3. The predicted octanol–water partition coefficient (Wildman–Crippen LogP) is 12.7. The van der Waals surface area contributed by atoms with Crippen LogP contribution < -0.4 is 0 Å². The van der Waals surface area contributed by atoms with Crippen LogP contribution in [0.5, 0.6) is 0 Å². The minimum absolute atomic E-state index is 0.874. The van der Waals surface area contributed by atoms with Gasteiger partial charge in [0.15, 0.2) is 5.58 Å². The van der Waals surface area contributed by atoms with Crippen molar-refractivity contribution >= 4 is 43.7 Å². The Morgan fingerprint density at radius 3 is 1.60 bits per heavy atom. The Morgan fingerprint density at radius 2 is 0.900 bits per heavy atom. The van der Waals surface area contributed by atoms with Gasteiger partial charge in [0.1, 0.15) is 5.58 Å². The maximum atomic E-state index is 6.63. The Balaban J connectivity index is 1.26. The highest BCUT2D eigenvalue weighted by Crippen LogP contribution is 2.41. The number of furan rings is 1. The summed E-state index contributed by atoms with van der Waals surface area (Å²) in [7, 11) is 0. The molecule has 234 valence electrons. The summed E-state index contributed by atoms with van der Waals surface area (Å²) in [6.07, 6.45) is 0. The topological polar surface area (TPSA) is 31.0 Å². The van der Waals surface area contributed by atoms with Crippen LogP contribution >= 0.6 is 0 Å². The van der Waals surface area contributed by atoms with Crippen LogP contribution in [-0.2, 0) is 0 Å². The molecule has 0 aliphatic carbocycles. The molecule has 3 heteroatoms. The van der Waals surface area contributed by atoms with Crippen molar-refractivity contribution in [2.24, 2.45) is 0 Å². The summed E-state index contributed by atoms with van der Waals surface area (Å²) in [5.41, 5.74) is 13.7. The zero-order chi connectivity index (χ0) is 33.0. The summed E-state index contributed by atoms with van der Waals surface area (Å²) in [5.74, 6) is 0. The lowest BCUT2D eigenvalue weighted by Crippen LogP contribution is -1.96. The van der Waals surface area contributed by atoms with Gasteiger partial charge >= 0.3 is 0 Å². The Hall–Kier alpha value is -6.71. The number of hydrogen-bond donors (Lipinski definition) is 0. The summed E-state index contributed by atoms with van der Waals surface area (Å²) >= 11 is 0. The number of benzene rings is 7. The number of aromatic nitrogens is 2. The molecule has 0 amide bonds. The minimum Gasteiger partial charge on any atom is -0.454 e. The van der Waals surface area contributed by atoms with E-state index < -0.39 is 0 Å². The number of pyridine rings is 1. The lowest BCUT2D eigenvalue weighted by molar-refractivity contribution is 0.666. The van der Waals surface area contributed by atoms with Gasteiger partial charge in [-0.25, -0.2) is 4.98 Å². The van der Waals surface area contributed by atoms with E-state index in [2.05, 4.69) is 168 Å². The van der Waals surface area contributed by atoms with Gasteiger partial charge in [0.25, 0.3) is 0 Å². The third-order valence-electron chi connectivity index (χ3n) is 9.80. The van der Waals surface area contributed by atoms with Crippen molar-refractivity contribution in [1.29, 1.82) is 0 Å². The fraction of sp³-hybridized carbons (Fsp3) is 0. The second-order valence-corrected chi connectivity index (χ2v) is 12.8. The molecule has 50 heavy (non-hydrogen) atoms. The van der Waals surface area contributed by atoms with E-state index in [4.69, 9.17) is 9.40 Å². The molecule has 3 heterocycles. The van der Waals surface area contributed by atoms with Crippen molar-refractivity contribution < 1.29 is 4.42 Å². The molecule has 10 aromatic rings. The van der Waals surface area contributed by atoms with Gasteiger partial charge in [-0.1, -0.05) is 146 Å². The Kier molecular flexibility index (Phi) is 6.49. The van der Waals surface area contributed by atoms with Crippen LogP contribution in [0.4, 0.5) is 0 Å². The largest absolute Gasteiger partial charge is 0.454 e. The molecule has 0 N–H and O–H groups in total. The van der Waals surface area contributed by atoms with Crippen LogP contribution in [0, 0.1) is 0 Å². The zero-order valence-electron chi connectivity index (χ0n) is 27.1. The quantitative estimate of drug-likeness (QED) is 0.188. The van der Waals surface area contributed by atoms with E-state index in [9.17, 15) is 0 Å². The Morgan fingerprint density at radius 1 is 0.360 bits per heavy atom. The molecule has 0 bridgehead atoms. The van der Waals surface area contributed by atoms with Crippen LogP contribution in [0.2, 0.25) is 0 Å². The smallest absolute Gasteiger partial charge is 0.159 e. The molecule has 3 nitrogen and oxygen atoms in total. The van der Waals surface area contributed by atoms with Gasteiger partial charge in [0.05, 0.1) is 28.1 Å². The highest BCUT2D eigenvalue weighted by Gasteiger charge is 2.19. The van der Waals surface area contributed by atoms with Gasteiger partial charge in [0, 0.05) is 32.7 Å². The van der Waals surface area contributed by atoms with E-state index in [1.54, 1.807) is 0 Å². The van der Waals surface area contributed by atoms with Gasteiger partial charge < -0.3 is 8.98 Å². The van der Waals surface area contributed by atoms with E-state index in [1.165, 1.54) is 21.9 Å². The first-order valence-corrected chi connectivity index (χ1v) is 17.0. The molecule has 7 aromatic carbocycles. The van der Waals surface area contributed by atoms with Crippen LogP contribution in [0.1, 0.15) is 0 Å². The van der Waals surface area contributed by atoms with Crippen LogP contribution in [0.15, 0.2) is 186 Å². The molecule has 10 rings (SSSR count). The van der Waals surface area contributed by atoms with Crippen molar-refractivity contribution in [2.45, 2.75) is 0 Å². The third kappa shape index (κ3) is 4.63. The first kappa shape index (κ1) is 28.3. The van der Waals surface area contributed by atoms with Crippen LogP contribution in [0.25, 0.3) is 94.2 Å². The van der Waals surface area contributed by atoms with Gasteiger partial charge in [-0.2, -0.15) is 0 Å². The Bertz CT molecular complexity index is 2790. The minimum atomic E-state index is 0.874. The molecule has 0 saturated heterocycles. The monoisotopic (exact) mass is 638 g/mol. The first-order chi connectivity index (χ1) is 24.8. The number of nitrogens with zero attached hydrogens (tertiary/aromatic N) is 2. The van der Waals surface area contributed by atoms with Gasteiger partial charge in [0.2, 0.25) is 0 Å². The second kappa shape index (κ2) is 11.5. The first-order valence-electron chi connectivity index (χ1n) is 17.0. The Labute approximate surface area is 289 Å². The van der Waals surface area contributed by atoms with Crippen LogP contribution in [-0.4, -0.2) is 9.55 Å². The van der Waals surface area contributed by atoms with Gasteiger partial charge in [-0.15, -0.1) is 0 Å². The zero-order valence-corrected chi connectivity index (χ0v) is 27.1. The molecule has 0 aliphatic heterocycles. The van der Waals surface area contributed by atoms with Crippen LogP contribution in [0.3, 0.4) is 0 Å². The van der Waals surface area contributed by atoms with Gasteiger partial charge in [-0.05, 0) is 58.7 Å². The highest BCUT2D eigenvalue weighted by molar-refractivity contribution is 6.14. The fourth-order valence-electron chi connectivity index (χ4n) is 7.39.